The summed E-state index contributed by atoms with van der Waals surface area (Å²) in [7, 11) is 0. The molecule has 0 aromatic carbocycles. The maximum absolute atomic E-state index is 5.36. The first-order valence-corrected chi connectivity index (χ1v) is 6.52. The summed E-state index contributed by atoms with van der Waals surface area (Å²) in [5, 5.41) is 6.07. The quantitative estimate of drug-likeness (QED) is 0.174. The van der Waals surface area contributed by atoms with Crippen LogP contribution < -0.4 is 75.5 Å². The maximum Gasteiger partial charge on any atom is 1.00 e. The first kappa shape index (κ1) is 25.1. The molecule has 0 radical (unpaired) electrons. The van der Waals surface area contributed by atoms with Crippen molar-refractivity contribution in [1.82, 2.24) is 15.5 Å². The predicted octanol–water partition coefficient (Wildman–Crippen LogP) is -6.90. The summed E-state index contributed by atoms with van der Waals surface area (Å²) in [5.74, 6) is 0. The van der Waals surface area contributed by atoms with E-state index in [-0.39, 0.29) is 59.1 Å². The first-order valence-electron chi connectivity index (χ1n) is 4.89. The van der Waals surface area contributed by atoms with Crippen LogP contribution >= 0.6 is 24.4 Å². The molecule has 0 aromatic heterocycles. The number of nitrogens with zero attached hydrogens (tertiary/aromatic N) is 1. The zero-order valence-electron chi connectivity index (χ0n) is 10.9. The SMILES string of the molecule is NCCNCCN(CCNC(=S)[S-])C(=S)[S-].[Na+].[Na+]. The second-order valence-electron chi connectivity index (χ2n) is 3.01. The van der Waals surface area contributed by atoms with E-state index in [9.17, 15) is 0 Å². The zero-order valence-corrected chi connectivity index (χ0v) is 18.2. The fourth-order valence-corrected chi connectivity index (χ4v) is 1.60. The van der Waals surface area contributed by atoms with E-state index in [0.717, 1.165) is 19.6 Å². The Kier molecular flexibility index (Phi) is 24.0. The van der Waals surface area contributed by atoms with E-state index >= 15 is 0 Å². The van der Waals surface area contributed by atoms with Crippen molar-refractivity contribution < 1.29 is 59.1 Å². The van der Waals surface area contributed by atoms with Gasteiger partial charge in [-0.15, -0.1) is 0 Å². The van der Waals surface area contributed by atoms with Gasteiger partial charge in [-0.25, -0.2) is 0 Å². The Morgan fingerprint density at radius 3 is 2.06 bits per heavy atom. The standard InChI is InChI=1S/C8H18N4S4.2Na/c9-1-2-10-3-5-12(8(15)16)6-4-11-7(13)14;;/h10H,1-6,9H2,(H,15,16)(H2,11,13,14);;/q;2*+1/p-2. The van der Waals surface area contributed by atoms with Crippen LogP contribution in [0.2, 0.25) is 0 Å². The Bertz CT molecular complexity index is 233. The van der Waals surface area contributed by atoms with Crippen LogP contribution in [0.15, 0.2) is 0 Å². The Morgan fingerprint density at radius 2 is 1.61 bits per heavy atom. The van der Waals surface area contributed by atoms with Crippen LogP contribution in [0.3, 0.4) is 0 Å². The number of thiocarbonyl (C=S) groups is 2. The van der Waals surface area contributed by atoms with Crippen molar-refractivity contribution in [2.45, 2.75) is 0 Å². The van der Waals surface area contributed by atoms with E-state index < -0.39 is 0 Å². The van der Waals surface area contributed by atoms with Gasteiger partial charge in [0.25, 0.3) is 0 Å². The average Bonchev–Trinajstić information content (AvgIpc) is 2.20. The molecule has 94 valence electrons. The number of nitrogens with two attached hydrogens (primary N) is 1. The fourth-order valence-electron chi connectivity index (χ4n) is 1.03. The van der Waals surface area contributed by atoms with Crippen molar-refractivity contribution in [1.29, 1.82) is 0 Å². The largest absolute Gasteiger partial charge is 1.00 e. The molecule has 0 saturated heterocycles. The second-order valence-corrected chi connectivity index (χ2v) is 5.11. The van der Waals surface area contributed by atoms with Crippen molar-refractivity contribution in [2.24, 2.45) is 5.73 Å². The molecule has 0 aliphatic heterocycles. The molecule has 0 bridgehead atoms. The summed E-state index contributed by atoms with van der Waals surface area (Å²) in [5.41, 5.74) is 5.36. The van der Waals surface area contributed by atoms with E-state index in [0.29, 0.717) is 28.3 Å². The number of nitrogens with one attached hydrogen (secondary N) is 2. The minimum atomic E-state index is 0. The zero-order chi connectivity index (χ0) is 12.4. The summed E-state index contributed by atoms with van der Waals surface area (Å²) in [6, 6.07) is 0. The van der Waals surface area contributed by atoms with Crippen LogP contribution in [0.25, 0.3) is 0 Å². The molecule has 0 unspecified atom stereocenters. The van der Waals surface area contributed by atoms with E-state index in [1.807, 2.05) is 4.90 Å². The molecule has 0 aromatic rings. The topological polar surface area (TPSA) is 53.3 Å². The van der Waals surface area contributed by atoms with Gasteiger partial charge in [-0.2, -0.15) is 0 Å². The van der Waals surface area contributed by atoms with Crippen molar-refractivity contribution >= 4 is 58.3 Å². The van der Waals surface area contributed by atoms with Crippen molar-refractivity contribution in [2.75, 3.05) is 39.3 Å². The van der Waals surface area contributed by atoms with Crippen LogP contribution in [-0.4, -0.2) is 52.8 Å². The molecule has 10 heteroatoms. The molecule has 4 nitrogen and oxygen atoms in total. The number of rotatable bonds is 8. The van der Waals surface area contributed by atoms with Gasteiger partial charge in [-0.05, 0) is 0 Å². The molecule has 0 spiro atoms. The Morgan fingerprint density at radius 1 is 1.06 bits per heavy atom. The minimum absolute atomic E-state index is 0. The molecule has 18 heavy (non-hydrogen) atoms. The van der Waals surface area contributed by atoms with E-state index in [1.165, 1.54) is 0 Å². The number of hydrogen-bond donors (Lipinski definition) is 3. The third-order valence-corrected chi connectivity index (χ3v) is 2.59. The van der Waals surface area contributed by atoms with Gasteiger partial charge in [0.2, 0.25) is 0 Å². The first-order chi connectivity index (χ1) is 7.57. The third-order valence-electron chi connectivity index (χ3n) is 1.79. The Labute approximate surface area is 175 Å². The van der Waals surface area contributed by atoms with Gasteiger partial charge in [-0.3, -0.25) is 0 Å². The smallest absolute Gasteiger partial charge is 0.412 e. The molecule has 0 rings (SSSR count). The fraction of sp³-hybridized carbons (Fsp3) is 0.750. The summed E-state index contributed by atoms with van der Waals surface area (Å²) in [4.78, 5) is 1.93. The van der Waals surface area contributed by atoms with Gasteiger partial charge >= 0.3 is 59.1 Å². The minimum Gasteiger partial charge on any atom is -0.412 e. The molecule has 0 fully saturated rings. The maximum atomic E-state index is 5.36. The molecule has 0 saturated carbocycles. The van der Waals surface area contributed by atoms with E-state index in [2.05, 4.69) is 10.6 Å². The van der Waals surface area contributed by atoms with Crippen molar-refractivity contribution in [3.05, 3.63) is 0 Å². The summed E-state index contributed by atoms with van der Waals surface area (Å²) in [6.45, 7) is 4.39. The van der Waals surface area contributed by atoms with Gasteiger partial charge in [0, 0.05) is 39.3 Å². The van der Waals surface area contributed by atoms with Crippen LogP contribution in [0, 0.1) is 0 Å². The molecular formula is C8H16N4Na2S4. The average molecular weight is 342 g/mol. The summed E-state index contributed by atoms with van der Waals surface area (Å²) in [6.07, 6.45) is 0. The van der Waals surface area contributed by atoms with E-state index in [1.54, 1.807) is 0 Å². The van der Waals surface area contributed by atoms with Gasteiger partial charge in [-0.1, -0.05) is 8.64 Å². The van der Waals surface area contributed by atoms with Crippen LogP contribution in [0.1, 0.15) is 0 Å². The molecule has 0 atom stereocenters. The van der Waals surface area contributed by atoms with Crippen LogP contribution in [0.4, 0.5) is 0 Å². The molecule has 4 N–H and O–H groups in total. The molecule has 0 amide bonds. The monoisotopic (exact) mass is 342 g/mol. The number of hydrogen-bond acceptors (Lipinski definition) is 6. The van der Waals surface area contributed by atoms with Gasteiger partial charge < -0.3 is 71.0 Å². The van der Waals surface area contributed by atoms with E-state index in [4.69, 9.17) is 55.4 Å². The van der Waals surface area contributed by atoms with Gasteiger partial charge in [0.1, 0.15) is 0 Å². The molecule has 0 aliphatic rings. The second kappa shape index (κ2) is 17.2. The Hall–Kier alpha value is 2.14. The molecule has 0 aliphatic carbocycles. The van der Waals surface area contributed by atoms with Gasteiger partial charge in [0.05, 0.1) is 0 Å². The summed E-state index contributed by atoms with van der Waals surface area (Å²) >= 11 is 19.4. The van der Waals surface area contributed by atoms with Gasteiger partial charge in [0.15, 0.2) is 0 Å². The molecular weight excluding hydrogens is 326 g/mol. The third kappa shape index (κ3) is 16.2. The van der Waals surface area contributed by atoms with Crippen LogP contribution in [0.5, 0.6) is 0 Å². The van der Waals surface area contributed by atoms with Crippen LogP contribution in [-0.2, 0) is 25.3 Å². The van der Waals surface area contributed by atoms with Crippen molar-refractivity contribution in [3.8, 4) is 0 Å². The Balaban J connectivity index is -0.00000112. The molecule has 0 heterocycles. The summed E-state index contributed by atoms with van der Waals surface area (Å²) < 4.78 is 0.836. The normalized spacial score (nSPS) is 8.72. The van der Waals surface area contributed by atoms with Crippen molar-refractivity contribution in [3.63, 3.8) is 0 Å². The predicted molar refractivity (Wildman–Crippen MR) is 81.4 cm³/mol.